The smallest absolute Gasteiger partial charge is 0.362 e. The molecule has 4 rings (SSSR count). The molecule has 2 N–H and O–H groups in total. The van der Waals surface area contributed by atoms with Gasteiger partial charge in [0.15, 0.2) is 5.78 Å². The van der Waals surface area contributed by atoms with E-state index in [9.17, 15) is 22.8 Å². The molecule has 0 spiro atoms. The van der Waals surface area contributed by atoms with E-state index in [1.807, 2.05) is 31.2 Å². The first kappa shape index (κ1) is 23.1. The van der Waals surface area contributed by atoms with Crippen molar-refractivity contribution in [3.8, 4) is 0 Å². The Kier molecular flexibility index (Phi) is 6.10. The molecule has 1 aliphatic heterocycles. The molecule has 1 aliphatic carbocycles. The second-order valence-electron chi connectivity index (χ2n) is 8.27. The van der Waals surface area contributed by atoms with Crippen LogP contribution >= 0.6 is 11.6 Å². The zero-order chi connectivity index (χ0) is 23.9. The zero-order valence-electron chi connectivity index (χ0n) is 18.1. The van der Waals surface area contributed by atoms with Crippen molar-refractivity contribution in [2.24, 2.45) is 0 Å². The van der Waals surface area contributed by atoms with Crippen molar-refractivity contribution < 1.29 is 22.8 Å². The Bertz CT molecular complexity index is 1210. The van der Waals surface area contributed by atoms with Crippen molar-refractivity contribution in [1.82, 2.24) is 5.32 Å². The highest BCUT2D eigenvalue weighted by atomic mass is 35.5. The molecule has 2 aromatic carbocycles. The minimum atomic E-state index is -4.58. The van der Waals surface area contributed by atoms with Gasteiger partial charge < -0.3 is 10.6 Å². The van der Waals surface area contributed by atoms with E-state index in [2.05, 4.69) is 10.6 Å². The van der Waals surface area contributed by atoms with Gasteiger partial charge in [-0.25, -0.2) is 0 Å². The quantitative estimate of drug-likeness (QED) is 0.551. The number of aryl methyl sites for hydroxylation is 1. The van der Waals surface area contributed by atoms with Crippen molar-refractivity contribution in [1.29, 1.82) is 0 Å². The van der Waals surface area contributed by atoms with Gasteiger partial charge in [-0.15, -0.1) is 0 Å². The van der Waals surface area contributed by atoms with Crippen LogP contribution in [0.5, 0.6) is 0 Å². The molecule has 2 aliphatic rings. The number of carbonyl (C=O) groups is 2. The highest BCUT2D eigenvalue weighted by Gasteiger charge is 2.39. The number of allylic oxidation sites excluding steroid dienone is 3. The summed E-state index contributed by atoms with van der Waals surface area (Å²) in [5.41, 5.74) is 2.83. The number of hydrogen-bond acceptors (Lipinski definition) is 3. The van der Waals surface area contributed by atoms with Crippen molar-refractivity contribution in [3.05, 3.63) is 86.7 Å². The molecular weight excluding hydrogens is 453 g/mol. The first-order valence-electron chi connectivity index (χ1n) is 10.6. The third-order valence-electron chi connectivity index (χ3n) is 6.06. The molecule has 33 heavy (non-hydrogen) atoms. The Morgan fingerprint density at radius 3 is 2.55 bits per heavy atom. The lowest BCUT2D eigenvalue weighted by Gasteiger charge is -2.35. The summed E-state index contributed by atoms with van der Waals surface area (Å²) in [5, 5.41) is 5.73. The number of Topliss-reactive ketones (excluding diaryl/α,β-unsaturated/α-hetero) is 1. The maximum absolute atomic E-state index is 13.5. The molecule has 4 nitrogen and oxygen atoms in total. The predicted molar refractivity (Wildman–Crippen MR) is 121 cm³/mol. The van der Waals surface area contributed by atoms with E-state index in [0.29, 0.717) is 24.1 Å². The van der Waals surface area contributed by atoms with Crippen molar-refractivity contribution in [2.45, 2.75) is 45.2 Å². The number of alkyl halides is 3. The summed E-state index contributed by atoms with van der Waals surface area (Å²) in [5.74, 6) is -1.27. The highest BCUT2D eigenvalue weighted by Crippen LogP contribution is 2.43. The van der Waals surface area contributed by atoms with E-state index >= 15 is 0 Å². The van der Waals surface area contributed by atoms with Crippen LogP contribution in [0.15, 0.2) is 65.0 Å². The molecule has 0 fully saturated rings. The summed E-state index contributed by atoms with van der Waals surface area (Å²) in [6.07, 6.45) is -2.78. The molecule has 0 radical (unpaired) electrons. The third-order valence-corrected chi connectivity index (χ3v) is 6.39. The number of nitrogens with one attached hydrogen (secondary N) is 2. The number of hydrogen-bond donors (Lipinski definition) is 2. The summed E-state index contributed by atoms with van der Waals surface area (Å²) in [6, 6.07) is 10.3. The van der Waals surface area contributed by atoms with E-state index in [4.69, 9.17) is 11.6 Å². The second kappa shape index (κ2) is 8.71. The van der Waals surface area contributed by atoms with Crippen LogP contribution in [0, 0.1) is 6.92 Å². The fourth-order valence-electron chi connectivity index (χ4n) is 4.49. The largest absolute Gasteiger partial charge is 0.416 e. The molecule has 0 bridgehead atoms. The molecule has 0 saturated heterocycles. The Balaban J connectivity index is 1.79. The number of dihydropyridines is 1. The molecule has 0 unspecified atom stereocenters. The number of carbonyl (C=O) groups excluding carboxylic acids is 2. The normalized spacial score (nSPS) is 18.7. The summed E-state index contributed by atoms with van der Waals surface area (Å²) in [7, 11) is 0. The number of halogens is 4. The van der Waals surface area contributed by atoms with E-state index in [1.54, 1.807) is 6.92 Å². The molecule has 1 heterocycles. The van der Waals surface area contributed by atoms with Crippen molar-refractivity contribution >= 4 is 29.0 Å². The van der Waals surface area contributed by atoms with Gasteiger partial charge in [0.1, 0.15) is 0 Å². The summed E-state index contributed by atoms with van der Waals surface area (Å²) in [4.78, 5) is 26.5. The van der Waals surface area contributed by atoms with Crippen molar-refractivity contribution in [2.75, 3.05) is 5.32 Å². The van der Waals surface area contributed by atoms with Crippen LogP contribution in [-0.4, -0.2) is 11.7 Å². The zero-order valence-corrected chi connectivity index (χ0v) is 18.8. The second-order valence-corrected chi connectivity index (χ2v) is 8.68. The first-order valence-corrected chi connectivity index (χ1v) is 10.9. The van der Waals surface area contributed by atoms with Crippen LogP contribution in [-0.2, 0) is 15.8 Å². The lowest BCUT2D eigenvalue weighted by atomic mass is 9.74. The van der Waals surface area contributed by atoms with E-state index < -0.39 is 23.6 Å². The minimum Gasteiger partial charge on any atom is -0.362 e. The molecule has 1 amide bonds. The average molecular weight is 475 g/mol. The number of ketones is 1. The number of rotatable bonds is 3. The van der Waals surface area contributed by atoms with Crippen LogP contribution in [0.4, 0.5) is 18.9 Å². The van der Waals surface area contributed by atoms with Gasteiger partial charge in [-0.2, -0.15) is 13.2 Å². The summed E-state index contributed by atoms with van der Waals surface area (Å²) >= 11 is 6.10. The van der Waals surface area contributed by atoms with Crippen LogP contribution in [0.25, 0.3) is 0 Å². The van der Waals surface area contributed by atoms with Crippen LogP contribution in [0.2, 0.25) is 5.02 Å². The van der Waals surface area contributed by atoms with Gasteiger partial charge in [0.25, 0.3) is 5.91 Å². The number of amides is 1. The highest BCUT2D eigenvalue weighted by molar-refractivity contribution is 6.34. The topological polar surface area (TPSA) is 58.2 Å². The van der Waals surface area contributed by atoms with E-state index in [1.165, 1.54) is 0 Å². The predicted octanol–water partition coefficient (Wildman–Crippen LogP) is 6.27. The molecule has 8 heteroatoms. The molecule has 2 aromatic rings. The Morgan fingerprint density at radius 2 is 1.85 bits per heavy atom. The fraction of sp³-hybridized carbons (Fsp3) is 0.280. The van der Waals surface area contributed by atoms with Gasteiger partial charge in [0.2, 0.25) is 0 Å². The van der Waals surface area contributed by atoms with Gasteiger partial charge >= 0.3 is 6.18 Å². The Morgan fingerprint density at radius 1 is 1.12 bits per heavy atom. The van der Waals surface area contributed by atoms with Crippen LogP contribution < -0.4 is 10.6 Å². The third kappa shape index (κ3) is 4.42. The monoisotopic (exact) mass is 474 g/mol. The number of benzene rings is 2. The first-order chi connectivity index (χ1) is 15.6. The minimum absolute atomic E-state index is 0.0144. The average Bonchev–Trinajstić information content (AvgIpc) is 2.74. The molecule has 172 valence electrons. The Hall–Kier alpha value is -3.06. The standard InChI is InChI=1S/C25H22ClF3N2O2/c1-13-6-3-4-7-16(13)22-21(14(2)30-18-8-5-9-20(32)23(18)22)24(33)31-19-12-15(25(27,28)29)10-11-17(19)26/h3-4,6-7,10-12,22,30H,5,8-9H2,1-2H3,(H,31,33)/t22-/m0/s1. The lowest BCUT2D eigenvalue weighted by Crippen LogP contribution is -2.35. The summed E-state index contributed by atoms with van der Waals surface area (Å²) < 4.78 is 39.6. The van der Waals surface area contributed by atoms with Crippen LogP contribution in [0.1, 0.15) is 48.8 Å². The summed E-state index contributed by atoms with van der Waals surface area (Å²) in [6.45, 7) is 3.64. The van der Waals surface area contributed by atoms with Gasteiger partial charge in [0, 0.05) is 34.9 Å². The lowest BCUT2D eigenvalue weighted by molar-refractivity contribution is -0.137. The van der Waals surface area contributed by atoms with Gasteiger partial charge in [-0.1, -0.05) is 35.9 Å². The van der Waals surface area contributed by atoms with E-state index in [0.717, 1.165) is 41.4 Å². The molecule has 0 aromatic heterocycles. The van der Waals surface area contributed by atoms with Gasteiger partial charge in [0.05, 0.1) is 16.3 Å². The van der Waals surface area contributed by atoms with E-state index in [-0.39, 0.29) is 22.1 Å². The number of anilines is 1. The van der Waals surface area contributed by atoms with Gasteiger partial charge in [-0.05, 0) is 56.0 Å². The Labute approximate surface area is 194 Å². The molecular formula is C25H22ClF3N2O2. The fourth-order valence-corrected chi connectivity index (χ4v) is 4.66. The molecule has 1 atom stereocenters. The maximum atomic E-state index is 13.5. The maximum Gasteiger partial charge on any atom is 0.416 e. The van der Waals surface area contributed by atoms with Crippen LogP contribution in [0.3, 0.4) is 0 Å². The van der Waals surface area contributed by atoms with Gasteiger partial charge in [-0.3, -0.25) is 9.59 Å². The molecule has 0 saturated carbocycles. The SMILES string of the molecule is CC1=C(C(=O)Nc2cc(C(F)(F)F)ccc2Cl)[C@H](c2ccccc2C)C2=C(CCCC2=O)N1. The van der Waals surface area contributed by atoms with Crippen molar-refractivity contribution in [3.63, 3.8) is 0 Å².